The predicted octanol–water partition coefficient (Wildman–Crippen LogP) is 4.59. The van der Waals surface area contributed by atoms with Crippen molar-refractivity contribution < 1.29 is 17.9 Å². The Labute approximate surface area is 156 Å². The summed E-state index contributed by atoms with van der Waals surface area (Å²) in [7, 11) is 1.93. The molecule has 2 aromatic carbocycles. The van der Waals surface area contributed by atoms with Crippen molar-refractivity contribution in [2.45, 2.75) is 33.0 Å². The van der Waals surface area contributed by atoms with Crippen molar-refractivity contribution in [1.82, 2.24) is 4.90 Å². The molecular weight excluding hydrogens is 352 g/mol. The molecule has 0 N–H and O–H groups in total. The van der Waals surface area contributed by atoms with Gasteiger partial charge in [-0.3, -0.25) is 4.90 Å². The number of aryl methyl sites for hydroxylation is 1. The molecule has 0 unspecified atom stereocenters. The Morgan fingerprint density at radius 2 is 1.74 bits per heavy atom. The van der Waals surface area contributed by atoms with Gasteiger partial charge in [-0.05, 0) is 48.4 Å². The zero-order valence-corrected chi connectivity index (χ0v) is 15.2. The predicted molar refractivity (Wildman–Crippen MR) is 100 cm³/mol. The molecule has 1 aromatic heterocycles. The molecule has 1 heterocycles. The van der Waals surface area contributed by atoms with Crippen molar-refractivity contribution in [3.8, 4) is 5.75 Å². The standard InChI is InChI=1S/C21H21F2NO3/c1-3-14-6-9-18-16(11-20(25)27-19(18)10-14)13-24(2)12-15-4-7-17(8-5-15)26-21(22)23/h4-11,21H,3,12-13H2,1-2H3. The van der Waals surface area contributed by atoms with Gasteiger partial charge >= 0.3 is 12.2 Å². The molecule has 0 fully saturated rings. The summed E-state index contributed by atoms with van der Waals surface area (Å²) in [6.07, 6.45) is 0.870. The van der Waals surface area contributed by atoms with E-state index in [1.54, 1.807) is 12.1 Å². The fourth-order valence-corrected chi connectivity index (χ4v) is 3.06. The van der Waals surface area contributed by atoms with Crippen LogP contribution in [0.5, 0.6) is 5.75 Å². The number of hydrogen-bond acceptors (Lipinski definition) is 4. The van der Waals surface area contributed by atoms with Gasteiger partial charge in [-0.25, -0.2) is 4.79 Å². The number of halogens is 2. The van der Waals surface area contributed by atoms with Gasteiger partial charge in [-0.15, -0.1) is 0 Å². The Kier molecular flexibility index (Phi) is 5.86. The summed E-state index contributed by atoms with van der Waals surface area (Å²) in [5, 5.41) is 0.916. The molecule has 0 aliphatic heterocycles. The molecule has 0 aliphatic rings. The number of hydrogen-bond donors (Lipinski definition) is 0. The van der Waals surface area contributed by atoms with Gasteiger partial charge in [0.15, 0.2) is 0 Å². The molecule has 27 heavy (non-hydrogen) atoms. The van der Waals surface area contributed by atoms with Gasteiger partial charge in [-0.2, -0.15) is 8.78 Å². The van der Waals surface area contributed by atoms with Crippen LogP contribution in [0.2, 0.25) is 0 Å². The summed E-state index contributed by atoms with van der Waals surface area (Å²) in [4.78, 5) is 14.0. The topological polar surface area (TPSA) is 42.7 Å². The van der Waals surface area contributed by atoms with E-state index in [9.17, 15) is 13.6 Å². The first kappa shape index (κ1) is 19.0. The molecule has 3 aromatic rings. The molecule has 4 nitrogen and oxygen atoms in total. The normalized spacial score (nSPS) is 11.5. The maximum absolute atomic E-state index is 12.2. The van der Waals surface area contributed by atoms with Crippen LogP contribution in [0.4, 0.5) is 8.78 Å². The van der Waals surface area contributed by atoms with Crippen LogP contribution in [0.25, 0.3) is 11.0 Å². The van der Waals surface area contributed by atoms with E-state index in [0.717, 1.165) is 28.5 Å². The van der Waals surface area contributed by atoms with E-state index in [2.05, 4.69) is 11.7 Å². The lowest BCUT2D eigenvalue weighted by molar-refractivity contribution is -0.0498. The second-order valence-corrected chi connectivity index (χ2v) is 6.47. The minimum absolute atomic E-state index is 0.134. The van der Waals surface area contributed by atoms with Gasteiger partial charge in [0, 0.05) is 24.5 Å². The average Bonchev–Trinajstić information content (AvgIpc) is 2.62. The molecule has 0 bridgehead atoms. The van der Waals surface area contributed by atoms with Gasteiger partial charge in [0.2, 0.25) is 0 Å². The summed E-state index contributed by atoms with van der Waals surface area (Å²) in [6.45, 7) is 0.381. The lowest BCUT2D eigenvalue weighted by Gasteiger charge is -2.18. The first-order valence-corrected chi connectivity index (χ1v) is 8.72. The molecule has 6 heteroatoms. The second kappa shape index (κ2) is 8.31. The highest BCUT2D eigenvalue weighted by atomic mass is 19.3. The third-order valence-corrected chi connectivity index (χ3v) is 4.34. The number of fused-ring (bicyclic) bond motifs is 1. The van der Waals surface area contributed by atoms with Crippen LogP contribution in [0.1, 0.15) is 23.6 Å². The third-order valence-electron chi connectivity index (χ3n) is 4.34. The highest BCUT2D eigenvalue weighted by Gasteiger charge is 2.10. The van der Waals surface area contributed by atoms with Gasteiger partial charge in [0.25, 0.3) is 0 Å². The molecule has 0 radical (unpaired) electrons. The summed E-state index contributed by atoms with van der Waals surface area (Å²) in [6, 6.07) is 14.0. The first-order chi connectivity index (χ1) is 12.9. The monoisotopic (exact) mass is 373 g/mol. The number of benzene rings is 2. The van der Waals surface area contributed by atoms with E-state index in [4.69, 9.17) is 4.42 Å². The van der Waals surface area contributed by atoms with Crippen LogP contribution in [0, 0.1) is 0 Å². The van der Waals surface area contributed by atoms with Crippen LogP contribution < -0.4 is 10.4 Å². The van der Waals surface area contributed by atoms with E-state index in [1.165, 1.54) is 18.2 Å². The maximum atomic E-state index is 12.2. The first-order valence-electron chi connectivity index (χ1n) is 8.72. The van der Waals surface area contributed by atoms with Crippen LogP contribution in [-0.4, -0.2) is 18.6 Å². The fraction of sp³-hybridized carbons (Fsp3) is 0.286. The summed E-state index contributed by atoms with van der Waals surface area (Å²) >= 11 is 0. The molecule has 3 rings (SSSR count). The number of ether oxygens (including phenoxy) is 1. The van der Waals surface area contributed by atoms with Crippen molar-refractivity contribution in [1.29, 1.82) is 0 Å². The number of rotatable bonds is 7. The van der Waals surface area contributed by atoms with E-state index >= 15 is 0 Å². The molecule has 142 valence electrons. The molecule has 0 amide bonds. The Balaban J connectivity index is 1.75. The molecule has 0 saturated heterocycles. The smallest absolute Gasteiger partial charge is 0.387 e. The minimum atomic E-state index is -2.83. The van der Waals surface area contributed by atoms with Gasteiger partial charge in [-0.1, -0.05) is 31.2 Å². The Bertz CT molecular complexity index is 967. The number of alkyl halides is 2. The summed E-state index contributed by atoms with van der Waals surface area (Å²) in [5.41, 5.74) is 3.19. The van der Waals surface area contributed by atoms with E-state index in [1.807, 2.05) is 30.1 Å². The molecule has 0 atom stereocenters. The van der Waals surface area contributed by atoms with Crippen molar-refractivity contribution >= 4 is 11.0 Å². The van der Waals surface area contributed by atoms with E-state index in [-0.39, 0.29) is 11.4 Å². The lowest BCUT2D eigenvalue weighted by atomic mass is 10.1. The second-order valence-electron chi connectivity index (χ2n) is 6.47. The van der Waals surface area contributed by atoms with Crippen LogP contribution >= 0.6 is 0 Å². The van der Waals surface area contributed by atoms with Gasteiger partial charge in [0.05, 0.1) is 0 Å². The summed E-state index contributed by atoms with van der Waals surface area (Å²) in [5.74, 6) is 0.134. The van der Waals surface area contributed by atoms with Gasteiger partial charge < -0.3 is 9.15 Å². The Morgan fingerprint density at radius 3 is 2.41 bits per heavy atom. The van der Waals surface area contributed by atoms with E-state index < -0.39 is 6.61 Å². The SMILES string of the molecule is CCc1ccc2c(CN(C)Cc3ccc(OC(F)F)cc3)cc(=O)oc2c1. The van der Waals surface area contributed by atoms with Gasteiger partial charge in [0.1, 0.15) is 11.3 Å². The van der Waals surface area contributed by atoms with Crippen molar-refractivity contribution in [3.05, 3.63) is 75.6 Å². The van der Waals surface area contributed by atoms with Crippen molar-refractivity contribution in [2.24, 2.45) is 0 Å². The maximum Gasteiger partial charge on any atom is 0.387 e. The van der Waals surface area contributed by atoms with Crippen LogP contribution in [0.15, 0.2) is 57.7 Å². The lowest BCUT2D eigenvalue weighted by Crippen LogP contribution is -2.18. The van der Waals surface area contributed by atoms with Crippen LogP contribution in [-0.2, 0) is 19.5 Å². The largest absolute Gasteiger partial charge is 0.435 e. The van der Waals surface area contributed by atoms with Crippen LogP contribution in [0.3, 0.4) is 0 Å². The average molecular weight is 373 g/mol. The van der Waals surface area contributed by atoms with E-state index in [0.29, 0.717) is 18.7 Å². The Morgan fingerprint density at radius 1 is 1.04 bits per heavy atom. The highest BCUT2D eigenvalue weighted by Crippen LogP contribution is 2.21. The molecule has 0 spiro atoms. The quantitative estimate of drug-likeness (QED) is 0.568. The third kappa shape index (κ3) is 4.92. The zero-order valence-electron chi connectivity index (χ0n) is 15.2. The van der Waals surface area contributed by atoms with Crippen molar-refractivity contribution in [3.63, 3.8) is 0 Å². The fourth-order valence-electron chi connectivity index (χ4n) is 3.06. The minimum Gasteiger partial charge on any atom is -0.435 e. The molecule has 0 aliphatic carbocycles. The summed E-state index contributed by atoms with van der Waals surface area (Å²) < 4.78 is 34.1. The highest BCUT2D eigenvalue weighted by molar-refractivity contribution is 5.80. The van der Waals surface area contributed by atoms with Crippen molar-refractivity contribution in [2.75, 3.05) is 7.05 Å². The molecular formula is C21H21F2NO3. The molecule has 0 saturated carbocycles. The zero-order chi connectivity index (χ0) is 19.4. The number of nitrogens with zero attached hydrogens (tertiary/aromatic N) is 1. The Hall–Kier alpha value is -2.73.